The van der Waals surface area contributed by atoms with Crippen LogP contribution in [0.4, 0.5) is 5.82 Å². The van der Waals surface area contributed by atoms with E-state index in [1.54, 1.807) is 18.5 Å². The molecule has 3 heterocycles. The molecule has 0 aliphatic carbocycles. The van der Waals surface area contributed by atoms with Gasteiger partial charge in [0.2, 0.25) is 5.91 Å². The van der Waals surface area contributed by atoms with E-state index in [-0.39, 0.29) is 5.91 Å². The van der Waals surface area contributed by atoms with Gasteiger partial charge in [0.05, 0.1) is 5.69 Å². The van der Waals surface area contributed by atoms with Gasteiger partial charge in [0.25, 0.3) is 0 Å². The monoisotopic (exact) mass is 371 g/mol. The zero-order valence-electron chi connectivity index (χ0n) is 15.5. The summed E-state index contributed by atoms with van der Waals surface area (Å²) in [6.45, 7) is 2.83. The van der Waals surface area contributed by atoms with E-state index in [0.29, 0.717) is 13.1 Å². The summed E-state index contributed by atoms with van der Waals surface area (Å²) < 4.78 is 0. The lowest BCUT2D eigenvalue weighted by Gasteiger charge is -2.34. The minimum atomic E-state index is 0.0431. The number of pyridine rings is 1. The molecule has 1 fully saturated rings. The molecule has 4 rings (SSSR count). The van der Waals surface area contributed by atoms with Gasteiger partial charge in [-0.25, -0.2) is 0 Å². The van der Waals surface area contributed by atoms with Crippen LogP contribution < -0.4 is 4.90 Å². The zero-order valence-corrected chi connectivity index (χ0v) is 15.5. The van der Waals surface area contributed by atoms with Gasteiger partial charge in [0.15, 0.2) is 5.82 Å². The molecule has 1 saturated heterocycles. The molecule has 0 unspecified atom stereocenters. The van der Waals surface area contributed by atoms with E-state index >= 15 is 0 Å². The first-order valence-electron chi connectivity index (χ1n) is 9.31. The Morgan fingerprint density at radius 2 is 1.71 bits per heavy atom. The van der Waals surface area contributed by atoms with Gasteiger partial charge in [-0.05, 0) is 35.9 Å². The highest BCUT2D eigenvalue weighted by molar-refractivity contribution is 5.91. The van der Waals surface area contributed by atoms with Crippen LogP contribution in [-0.4, -0.2) is 52.2 Å². The summed E-state index contributed by atoms with van der Waals surface area (Å²) in [4.78, 5) is 20.5. The number of carbonyl (C=O) groups is 1. The summed E-state index contributed by atoms with van der Waals surface area (Å²) >= 11 is 0. The number of anilines is 1. The molecule has 0 radical (unpaired) electrons. The molecule has 0 saturated carbocycles. The van der Waals surface area contributed by atoms with Gasteiger partial charge >= 0.3 is 0 Å². The number of rotatable bonds is 4. The predicted octanol–water partition coefficient (Wildman–Crippen LogP) is 2.90. The summed E-state index contributed by atoms with van der Waals surface area (Å²) in [6, 6.07) is 17.6. The second kappa shape index (κ2) is 8.43. The number of hydrogen-bond acceptors (Lipinski definition) is 5. The predicted molar refractivity (Wildman–Crippen MR) is 110 cm³/mol. The van der Waals surface area contributed by atoms with Crippen LogP contribution in [0.3, 0.4) is 0 Å². The Hall–Kier alpha value is -3.54. The number of nitrogens with zero attached hydrogens (tertiary/aromatic N) is 5. The Labute approximate surface area is 164 Å². The summed E-state index contributed by atoms with van der Waals surface area (Å²) in [5.41, 5.74) is 2.78. The molecule has 6 heteroatoms. The van der Waals surface area contributed by atoms with Crippen molar-refractivity contribution in [2.45, 2.75) is 0 Å². The van der Waals surface area contributed by atoms with Crippen molar-refractivity contribution < 1.29 is 4.79 Å². The quantitative estimate of drug-likeness (QED) is 0.660. The van der Waals surface area contributed by atoms with Crippen molar-refractivity contribution >= 4 is 17.8 Å². The summed E-state index contributed by atoms with van der Waals surface area (Å²) in [7, 11) is 0. The lowest BCUT2D eigenvalue weighted by Crippen LogP contribution is -2.48. The topological polar surface area (TPSA) is 62.2 Å². The van der Waals surface area contributed by atoms with E-state index in [2.05, 4.69) is 20.1 Å². The van der Waals surface area contributed by atoms with Crippen LogP contribution in [-0.2, 0) is 4.79 Å². The van der Waals surface area contributed by atoms with Crippen molar-refractivity contribution in [2.24, 2.45) is 0 Å². The second-order valence-electron chi connectivity index (χ2n) is 6.57. The average molecular weight is 371 g/mol. The smallest absolute Gasteiger partial charge is 0.246 e. The SMILES string of the molecule is O=C(/C=C/c1ccccc1)N1CCN(c2ccc(-c3cccnc3)nn2)CC1. The minimum Gasteiger partial charge on any atom is -0.352 e. The molecule has 2 aromatic heterocycles. The zero-order chi connectivity index (χ0) is 19.2. The van der Waals surface area contributed by atoms with Gasteiger partial charge in [-0.15, -0.1) is 10.2 Å². The van der Waals surface area contributed by atoms with E-state index in [1.807, 2.05) is 65.6 Å². The van der Waals surface area contributed by atoms with E-state index in [9.17, 15) is 4.79 Å². The molecule has 0 bridgehead atoms. The Kier molecular flexibility index (Phi) is 5.38. The van der Waals surface area contributed by atoms with Gasteiger partial charge in [0.1, 0.15) is 0 Å². The Bertz CT molecular complexity index is 934. The normalized spacial score (nSPS) is 14.4. The Morgan fingerprint density at radius 1 is 0.893 bits per heavy atom. The standard InChI is InChI=1S/C22H21N5O/c28-22(11-8-18-5-2-1-3-6-18)27-15-13-26(14-16-27)21-10-9-20(24-25-21)19-7-4-12-23-17-19/h1-12,17H,13-16H2/b11-8+. The molecule has 6 nitrogen and oxygen atoms in total. The highest BCUT2D eigenvalue weighted by atomic mass is 16.2. The van der Waals surface area contributed by atoms with Gasteiger partial charge in [-0.2, -0.15) is 0 Å². The van der Waals surface area contributed by atoms with Crippen LogP contribution in [0.25, 0.3) is 17.3 Å². The van der Waals surface area contributed by atoms with Crippen LogP contribution in [0.15, 0.2) is 73.1 Å². The van der Waals surface area contributed by atoms with E-state index in [4.69, 9.17) is 0 Å². The fraction of sp³-hybridized carbons (Fsp3) is 0.182. The number of hydrogen-bond donors (Lipinski definition) is 0. The maximum atomic E-state index is 12.4. The van der Waals surface area contributed by atoms with E-state index in [1.165, 1.54) is 0 Å². The molecule has 1 aliphatic rings. The van der Waals surface area contributed by atoms with Crippen molar-refractivity contribution in [1.29, 1.82) is 0 Å². The fourth-order valence-electron chi connectivity index (χ4n) is 3.16. The highest BCUT2D eigenvalue weighted by Crippen LogP contribution is 2.18. The Morgan fingerprint density at radius 3 is 2.39 bits per heavy atom. The van der Waals surface area contributed by atoms with Crippen LogP contribution >= 0.6 is 0 Å². The van der Waals surface area contributed by atoms with Crippen molar-refractivity contribution in [1.82, 2.24) is 20.1 Å². The van der Waals surface area contributed by atoms with E-state index < -0.39 is 0 Å². The first kappa shape index (κ1) is 17.9. The molecule has 1 aromatic carbocycles. The number of benzene rings is 1. The van der Waals surface area contributed by atoms with Crippen LogP contribution in [0.1, 0.15) is 5.56 Å². The first-order valence-corrected chi connectivity index (χ1v) is 9.31. The molecule has 0 spiro atoms. The van der Waals surface area contributed by atoms with Crippen molar-refractivity contribution in [2.75, 3.05) is 31.1 Å². The third-order valence-electron chi connectivity index (χ3n) is 4.74. The second-order valence-corrected chi connectivity index (χ2v) is 6.57. The van der Waals surface area contributed by atoms with Crippen LogP contribution in [0.2, 0.25) is 0 Å². The van der Waals surface area contributed by atoms with Crippen LogP contribution in [0, 0.1) is 0 Å². The fourth-order valence-corrected chi connectivity index (χ4v) is 3.16. The number of amides is 1. The first-order chi connectivity index (χ1) is 13.8. The molecular formula is C22H21N5O. The Balaban J connectivity index is 1.34. The number of aromatic nitrogens is 3. The third-order valence-corrected chi connectivity index (χ3v) is 4.74. The third kappa shape index (κ3) is 4.23. The molecule has 1 amide bonds. The lowest BCUT2D eigenvalue weighted by atomic mass is 10.2. The van der Waals surface area contributed by atoms with Gasteiger partial charge in [0, 0.05) is 50.2 Å². The largest absolute Gasteiger partial charge is 0.352 e. The molecule has 3 aromatic rings. The lowest BCUT2D eigenvalue weighted by molar-refractivity contribution is -0.126. The molecule has 0 N–H and O–H groups in total. The van der Waals surface area contributed by atoms with Crippen LogP contribution in [0.5, 0.6) is 0 Å². The minimum absolute atomic E-state index is 0.0431. The molecule has 28 heavy (non-hydrogen) atoms. The summed E-state index contributed by atoms with van der Waals surface area (Å²) in [5, 5.41) is 8.67. The summed E-state index contributed by atoms with van der Waals surface area (Å²) in [6.07, 6.45) is 7.02. The molecular weight excluding hydrogens is 350 g/mol. The maximum absolute atomic E-state index is 12.4. The van der Waals surface area contributed by atoms with Gasteiger partial charge < -0.3 is 9.80 Å². The molecule has 1 aliphatic heterocycles. The van der Waals surface area contributed by atoms with Gasteiger partial charge in [-0.1, -0.05) is 30.3 Å². The maximum Gasteiger partial charge on any atom is 0.246 e. The van der Waals surface area contributed by atoms with Crippen molar-refractivity contribution in [3.8, 4) is 11.3 Å². The number of piperazine rings is 1. The van der Waals surface area contributed by atoms with Gasteiger partial charge in [-0.3, -0.25) is 9.78 Å². The van der Waals surface area contributed by atoms with Crippen molar-refractivity contribution in [3.63, 3.8) is 0 Å². The summed E-state index contributed by atoms with van der Waals surface area (Å²) in [5.74, 6) is 0.876. The number of carbonyl (C=O) groups excluding carboxylic acids is 1. The molecule has 140 valence electrons. The van der Waals surface area contributed by atoms with E-state index in [0.717, 1.165) is 35.7 Å². The average Bonchev–Trinajstić information content (AvgIpc) is 2.79. The van der Waals surface area contributed by atoms with Crippen molar-refractivity contribution in [3.05, 3.63) is 78.6 Å². The highest BCUT2D eigenvalue weighted by Gasteiger charge is 2.20. The molecule has 0 atom stereocenters.